The van der Waals surface area contributed by atoms with E-state index in [4.69, 9.17) is 10.2 Å². The van der Waals surface area contributed by atoms with E-state index < -0.39 is 5.76 Å². The largest absolute Gasteiger partial charge is 0.420 e. The molecule has 1 aliphatic rings. The average Bonchev–Trinajstić information content (AvgIpc) is 2.90. The number of fused-ring (bicyclic) bond motifs is 2. The lowest BCUT2D eigenvalue weighted by molar-refractivity contribution is -0.132. The summed E-state index contributed by atoms with van der Waals surface area (Å²) >= 11 is 0. The fourth-order valence-corrected chi connectivity index (χ4v) is 2.96. The molecule has 0 bridgehead atoms. The summed E-state index contributed by atoms with van der Waals surface area (Å²) in [5.74, 6) is -0.346. The molecule has 1 amide bonds. The zero-order valence-electron chi connectivity index (χ0n) is 12.8. The number of nitrogens with zero attached hydrogens (tertiary/aromatic N) is 4. The van der Waals surface area contributed by atoms with Crippen molar-refractivity contribution in [3.63, 3.8) is 0 Å². The number of aromatic nitrogens is 3. The molecule has 0 spiro atoms. The molecule has 4 rings (SSSR count). The number of para-hydroxylation sites is 2. The average molecular weight is 325 g/mol. The van der Waals surface area contributed by atoms with Gasteiger partial charge in [0.2, 0.25) is 5.91 Å². The Bertz CT molecular complexity index is 991. The maximum atomic E-state index is 12.6. The van der Waals surface area contributed by atoms with Gasteiger partial charge in [-0.05, 0) is 23.8 Å². The number of nitrogen functional groups attached to an aromatic ring is 1. The third kappa shape index (κ3) is 2.41. The third-order valence-corrected chi connectivity index (χ3v) is 4.18. The van der Waals surface area contributed by atoms with Crippen molar-refractivity contribution >= 4 is 22.8 Å². The summed E-state index contributed by atoms with van der Waals surface area (Å²) in [6.07, 6.45) is 0.620. The number of benzene rings is 1. The van der Waals surface area contributed by atoms with Crippen molar-refractivity contribution in [2.24, 2.45) is 0 Å². The second kappa shape index (κ2) is 5.48. The van der Waals surface area contributed by atoms with Crippen molar-refractivity contribution in [1.29, 1.82) is 0 Å². The van der Waals surface area contributed by atoms with Crippen molar-refractivity contribution in [3.05, 3.63) is 52.1 Å². The van der Waals surface area contributed by atoms with Gasteiger partial charge in [-0.1, -0.05) is 12.1 Å². The molecule has 2 aromatic heterocycles. The topological polar surface area (TPSA) is 107 Å². The van der Waals surface area contributed by atoms with E-state index in [2.05, 4.69) is 10.2 Å². The van der Waals surface area contributed by atoms with Crippen LogP contribution in [0.25, 0.3) is 11.1 Å². The minimum atomic E-state index is -0.530. The zero-order valence-corrected chi connectivity index (χ0v) is 12.8. The van der Waals surface area contributed by atoms with Crippen LogP contribution in [-0.2, 0) is 24.3 Å². The molecule has 1 aliphatic heterocycles. The van der Waals surface area contributed by atoms with Gasteiger partial charge < -0.3 is 15.1 Å². The first kappa shape index (κ1) is 14.4. The number of carbonyl (C=O) groups is 1. The standard InChI is InChI=1S/C16H15N5O3/c17-14-7-10-8-20(6-5-11(10)18-19-14)15(22)9-21-12-3-1-2-4-13(12)24-16(21)23/h1-4,7H,5-6,8-9H2,(H2,17,19). The molecule has 8 heteroatoms. The van der Waals surface area contributed by atoms with Gasteiger partial charge in [0.15, 0.2) is 5.58 Å². The van der Waals surface area contributed by atoms with E-state index in [0.717, 1.165) is 11.3 Å². The minimum Gasteiger partial charge on any atom is -0.408 e. The summed E-state index contributed by atoms with van der Waals surface area (Å²) in [6, 6.07) is 8.79. The monoisotopic (exact) mass is 325 g/mol. The highest BCUT2D eigenvalue weighted by Crippen LogP contribution is 2.19. The minimum absolute atomic E-state index is 0.0564. The highest BCUT2D eigenvalue weighted by atomic mass is 16.4. The number of carbonyl (C=O) groups excluding carboxylic acids is 1. The van der Waals surface area contributed by atoms with Crippen molar-refractivity contribution in [3.8, 4) is 0 Å². The van der Waals surface area contributed by atoms with Crippen LogP contribution in [0.15, 0.2) is 39.5 Å². The van der Waals surface area contributed by atoms with Gasteiger partial charge in [0, 0.05) is 19.5 Å². The second-order valence-electron chi connectivity index (χ2n) is 5.73. The number of rotatable bonds is 2. The van der Waals surface area contributed by atoms with E-state index in [-0.39, 0.29) is 12.5 Å². The number of amides is 1. The predicted octanol–water partition coefficient (Wildman–Crippen LogP) is 0.552. The van der Waals surface area contributed by atoms with Crippen LogP contribution in [0.5, 0.6) is 0 Å². The summed E-state index contributed by atoms with van der Waals surface area (Å²) in [6.45, 7) is 0.895. The molecule has 3 aromatic rings. The molecule has 0 saturated carbocycles. The van der Waals surface area contributed by atoms with Crippen molar-refractivity contribution in [2.45, 2.75) is 19.5 Å². The molecule has 3 heterocycles. The molecule has 0 fully saturated rings. The Morgan fingerprint density at radius 2 is 2.12 bits per heavy atom. The van der Waals surface area contributed by atoms with Crippen LogP contribution in [-0.4, -0.2) is 32.1 Å². The lowest BCUT2D eigenvalue weighted by atomic mass is 10.1. The predicted molar refractivity (Wildman–Crippen MR) is 86.0 cm³/mol. The first-order valence-electron chi connectivity index (χ1n) is 7.59. The van der Waals surface area contributed by atoms with Gasteiger partial charge in [0.1, 0.15) is 12.4 Å². The van der Waals surface area contributed by atoms with Crippen LogP contribution in [0.3, 0.4) is 0 Å². The quantitative estimate of drug-likeness (QED) is 0.737. The number of anilines is 1. The lowest BCUT2D eigenvalue weighted by Crippen LogP contribution is -2.39. The smallest absolute Gasteiger partial charge is 0.408 e. The van der Waals surface area contributed by atoms with Crippen LogP contribution in [0.4, 0.5) is 5.82 Å². The molecular formula is C16H15N5O3. The second-order valence-corrected chi connectivity index (χ2v) is 5.73. The molecule has 0 aliphatic carbocycles. The molecule has 0 saturated heterocycles. The molecule has 0 unspecified atom stereocenters. The number of nitrogens with two attached hydrogens (primary N) is 1. The zero-order chi connectivity index (χ0) is 16.7. The molecule has 0 radical (unpaired) electrons. The third-order valence-electron chi connectivity index (χ3n) is 4.18. The fourth-order valence-electron chi connectivity index (χ4n) is 2.96. The van der Waals surface area contributed by atoms with Crippen LogP contribution in [0, 0.1) is 0 Å². The molecular weight excluding hydrogens is 310 g/mol. The maximum Gasteiger partial charge on any atom is 0.420 e. The molecule has 122 valence electrons. The highest BCUT2D eigenvalue weighted by Gasteiger charge is 2.23. The SMILES string of the molecule is Nc1cc2c(nn1)CCN(C(=O)Cn1c(=O)oc3ccccc31)C2. The molecule has 8 nitrogen and oxygen atoms in total. The molecule has 1 aromatic carbocycles. The highest BCUT2D eigenvalue weighted by molar-refractivity contribution is 5.79. The first-order valence-corrected chi connectivity index (χ1v) is 7.59. The first-order chi connectivity index (χ1) is 11.6. The van der Waals surface area contributed by atoms with Gasteiger partial charge in [-0.25, -0.2) is 4.79 Å². The van der Waals surface area contributed by atoms with Gasteiger partial charge >= 0.3 is 5.76 Å². The van der Waals surface area contributed by atoms with Gasteiger partial charge in [-0.2, -0.15) is 5.10 Å². The Hall–Kier alpha value is -3.16. The summed E-state index contributed by atoms with van der Waals surface area (Å²) < 4.78 is 6.51. The van der Waals surface area contributed by atoms with Crippen molar-refractivity contribution < 1.29 is 9.21 Å². The maximum absolute atomic E-state index is 12.6. The van der Waals surface area contributed by atoms with Gasteiger partial charge in [0.05, 0.1) is 11.2 Å². The summed E-state index contributed by atoms with van der Waals surface area (Å²) in [5, 5.41) is 7.90. The Morgan fingerprint density at radius 3 is 3.00 bits per heavy atom. The summed E-state index contributed by atoms with van der Waals surface area (Å²) in [7, 11) is 0. The number of oxazole rings is 1. The fraction of sp³-hybridized carbons (Fsp3) is 0.250. The number of hydrogen-bond donors (Lipinski definition) is 1. The van der Waals surface area contributed by atoms with Gasteiger partial charge in [0.25, 0.3) is 0 Å². The molecule has 2 N–H and O–H groups in total. The van der Waals surface area contributed by atoms with E-state index in [9.17, 15) is 9.59 Å². The Morgan fingerprint density at radius 1 is 1.29 bits per heavy atom. The Kier molecular flexibility index (Phi) is 3.30. The summed E-state index contributed by atoms with van der Waals surface area (Å²) in [5.41, 5.74) is 8.50. The van der Waals surface area contributed by atoms with E-state index in [1.54, 1.807) is 35.2 Å². The van der Waals surface area contributed by atoms with Crippen LogP contribution >= 0.6 is 0 Å². The Balaban J connectivity index is 1.58. The van der Waals surface area contributed by atoms with E-state index >= 15 is 0 Å². The lowest BCUT2D eigenvalue weighted by Gasteiger charge is -2.28. The van der Waals surface area contributed by atoms with Gasteiger partial charge in [-0.15, -0.1) is 5.10 Å². The van der Waals surface area contributed by atoms with E-state index in [1.807, 2.05) is 0 Å². The Labute approximate surface area is 136 Å². The van der Waals surface area contributed by atoms with Crippen LogP contribution in [0.2, 0.25) is 0 Å². The van der Waals surface area contributed by atoms with E-state index in [0.29, 0.717) is 36.4 Å². The number of hydrogen-bond acceptors (Lipinski definition) is 6. The summed E-state index contributed by atoms with van der Waals surface area (Å²) in [4.78, 5) is 26.3. The normalized spacial score (nSPS) is 13.9. The molecule has 24 heavy (non-hydrogen) atoms. The van der Waals surface area contributed by atoms with Crippen molar-refractivity contribution in [2.75, 3.05) is 12.3 Å². The molecule has 0 atom stereocenters. The van der Waals surface area contributed by atoms with Crippen molar-refractivity contribution in [1.82, 2.24) is 19.7 Å². The van der Waals surface area contributed by atoms with E-state index in [1.165, 1.54) is 4.57 Å². The van der Waals surface area contributed by atoms with Crippen LogP contribution in [0.1, 0.15) is 11.3 Å². The van der Waals surface area contributed by atoms with Crippen LogP contribution < -0.4 is 11.5 Å². The van der Waals surface area contributed by atoms with Gasteiger partial charge in [-0.3, -0.25) is 9.36 Å².